The highest BCUT2D eigenvalue weighted by Crippen LogP contribution is 2.22. The molecule has 0 saturated carbocycles. The number of carbonyl (C=O) groups excluding carboxylic acids is 2. The van der Waals surface area contributed by atoms with Gasteiger partial charge in [-0.2, -0.15) is 0 Å². The van der Waals surface area contributed by atoms with Gasteiger partial charge in [-0.3, -0.25) is 14.6 Å². The van der Waals surface area contributed by atoms with Crippen LogP contribution in [0.15, 0.2) is 48.5 Å². The second kappa shape index (κ2) is 9.55. The molecule has 0 bridgehead atoms. The maximum absolute atomic E-state index is 13.5. The number of hydrogen-bond donors (Lipinski definition) is 1. The van der Waals surface area contributed by atoms with Crippen molar-refractivity contribution in [3.8, 4) is 0 Å². The number of nitrogens with two attached hydrogens (primary N) is 1. The lowest BCUT2D eigenvalue weighted by molar-refractivity contribution is -0.0738. The Balaban J connectivity index is 1.49. The highest BCUT2D eigenvalue weighted by atomic mass is 19.1. The summed E-state index contributed by atoms with van der Waals surface area (Å²) < 4.78 is 18.7. The van der Waals surface area contributed by atoms with Gasteiger partial charge >= 0.3 is 6.03 Å². The number of hydrogen-bond acceptors (Lipinski definition) is 5. The summed E-state index contributed by atoms with van der Waals surface area (Å²) in [5.41, 5.74) is 7.47. The molecule has 0 aromatic heterocycles. The number of benzene rings is 2. The minimum absolute atomic E-state index is 0.0432. The van der Waals surface area contributed by atoms with Gasteiger partial charge in [0.15, 0.2) is 5.78 Å². The van der Waals surface area contributed by atoms with Crippen LogP contribution < -0.4 is 10.6 Å². The van der Waals surface area contributed by atoms with E-state index in [0.29, 0.717) is 36.9 Å². The number of ether oxygens (including phenoxy) is 1. The maximum Gasteiger partial charge on any atom is 0.324 e. The predicted octanol–water partition coefficient (Wildman–Crippen LogP) is 2.11. The molecule has 31 heavy (non-hydrogen) atoms. The zero-order valence-electron chi connectivity index (χ0n) is 17.4. The minimum Gasteiger partial charge on any atom is -0.378 e. The molecule has 2 aromatic carbocycles. The molecule has 8 heteroatoms. The Kier molecular flexibility index (Phi) is 6.60. The van der Waals surface area contributed by atoms with E-state index in [0.717, 1.165) is 31.9 Å². The molecule has 0 aliphatic carbocycles. The second-order valence-corrected chi connectivity index (χ2v) is 7.88. The van der Waals surface area contributed by atoms with Gasteiger partial charge in [0.25, 0.3) is 0 Å². The van der Waals surface area contributed by atoms with Crippen molar-refractivity contribution >= 4 is 17.5 Å². The number of piperazine rings is 1. The van der Waals surface area contributed by atoms with E-state index in [1.807, 2.05) is 17.0 Å². The van der Waals surface area contributed by atoms with E-state index in [2.05, 4.69) is 4.90 Å². The average molecular weight is 426 g/mol. The molecule has 2 fully saturated rings. The SMILES string of the molecule is NCC(=O)c1ccc(CN(C(=O)N2CCN(C3COC3)CC2)c2ccc(F)cc2)cc1. The van der Waals surface area contributed by atoms with Crippen molar-refractivity contribution in [2.24, 2.45) is 5.73 Å². The summed E-state index contributed by atoms with van der Waals surface area (Å²) in [7, 11) is 0. The Bertz CT molecular complexity index is 907. The number of urea groups is 1. The van der Waals surface area contributed by atoms with Crippen LogP contribution in [0.2, 0.25) is 0 Å². The molecule has 0 atom stereocenters. The number of amides is 2. The van der Waals surface area contributed by atoms with Gasteiger partial charge in [0.1, 0.15) is 5.82 Å². The van der Waals surface area contributed by atoms with Crippen LogP contribution in [0.4, 0.5) is 14.9 Å². The Morgan fingerprint density at radius 2 is 1.65 bits per heavy atom. The fourth-order valence-corrected chi connectivity index (χ4v) is 3.87. The number of ketones is 1. The number of carbonyl (C=O) groups is 2. The lowest BCUT2D eigenvalue weighted by atomic mass is 10.1. The summed E-state index contributed by atoms with van der Waals surface area (Å²) in [4.78, 5) is 31.0. The van der Waals surface area contributed by atoms with Gasteiger partial charge in [0.2, 0.25) is 0 Å². The third-order valence-corrected chi connectivity index (χ3v) is 5.89. The van der Waals surface area contributed by atoms with Crippen LogP contribution in [0.5, 0.6) is 0 Å². The molecule has 4 rings (SSSR count). The van der Waals surface area contributed by atoms with Crippen LogP contribution in [-0.4, -0.2) is 73.6 Å². The molecule has 2 aromatic rings. The minimum atomic E-state index is -0.350. The van der Waals surface area contributed by atoms with E-state index in [9.17, 15) is 14.0 Å². The number of halogens is 1. The van der Waals surface area contributed by atoms with Crippen LogP contribution in [0, 0.1) is 5.82 Å². The van der Waals surface area contributed by atoms with Crippen molar-refractivity contribution in [2.45, 2.75) is 12.6 Å². The van der Waals surface area contributed by atoms with Gasteiger partial charge in [-0.15, -0.1) is 0 Å². The molecule has 7 nitrogen and oxygen atoms in total. The van der Waals surface area contributed by atoms with E-state index >= 15 is 0 Å². The van der Waals surface area contributed by atoms with E-state index in [1.54, 1.807) is 29.2 Å². The van der Waals surface area contributed by atoms with Crippen LogP contribution in [0.25, 0.3) is 0 Å². The Morgan fingerprint density at radius 3 is 2.19 bits per heavy atom. The fourth-order valence-electron chi connectivity index (χ4n) is 3.87. The molecular formula is C23H27FN4O3. The second-order valence-electron chi connectivity index (χ2n) is 7.88. The monoisotopic (exact) mass is 426 g/mol. The van der Waals surface area contributed by atoms with Crippen molar-refractivity contribution in [3.63, 3.8) is 0 Å². The summed E-state index contributed by atoms with van der Waals surface area (Å²) in [5, 5.41) is 0. The molecule has 2 aliphatic heterocycles. The molecule has 0 unspecified atom stereocenters. The Morgan fingerprint density at radius 1 is 1.00 bits per heavy atom. The van der Waals surface area contributed by atoms with Crippen LogP contribution >= 0.6 is 0 Å². The van der Waals surface area contributed by atoms with Crippen molar-refractivity contribution in [3.05, 3.63) is 65.5 Å². The predicted molar refractivity (Wildman–Crippen MR) is 116 cm³/mol. The van der Waals surface area contributed by atoms with E-state index in [-0.39, 0.29) is 24.2 Å². The van der Waals surface area contributed by atoms with Gasteiger partial charge in [0, 0.05) is 37.4 Å². The van der Waals surface area contributed by atoms with Gasteiger partial charge in [0.05, 0.1) is 32.3 Å². The summed E-state index contributed by atoms with van der Waals surface area (Å²) in [6.07, 6.45) is 0. The van der Waals surface area contributed by atoms with Crippen LogP contribution in [0.3, 0.4) is 0 Å². The molecule has 2 N–H and O–H groups in total. The van der Waals surface area contributed by atoms with E-state index in [4.69, 9.17) is 10.5 Å². The van der Waals surface area contributed by atoms with Crippen molar-refractivity contribution in [1.82, 2.24) is 9.80 Å². The van der Waals surface area contributed by atoms with E-state index < -0.39 is 0 Å². The molecule has 2 saturated heterocycles. The van der Waals surface area contributed by atoms with Gasteiger partial charge < -0.3 is 15.4 Å². The first-order chi connectivity index (χ1) is 15.0. The Hall–Kier alpha value is -2.81. The van der Waals surface area contributed by atoms with Crippen molar-refractivity contribution in [1.29, 1.82) is 0 Å². The molecular weight excluding hydrogens is 399 g/mol. The summed E-state index contributed by atoms with van der Waals surface area (Å²) in [6.45, 7) is 4.70. The fraction of sp³-hybridized carbons (Fsp3) is 0.391. The third kappa shape index (κ3) is 4.92. The lowest BCUT2D eigenvalue weighted by Crippen LogP contribution is -2.59. The smallest absolute Gasteiger partial charge is 0.324 e. The van der Waals surface area contributed by atoms with Gasteiger partial charge in [-0.1, -0.05) is 24.3 Å². The van der Waals surface area contributed by atoms with Gasteiger partial charge in [-0.25, -0.2) is 9.18 Å². The van der Waals surface area contributed by atoms with Crippen LogP contribution in [-0.2, 0) is 11.3 Å². The lowest BCUT2D eigenvalue weighted by Gasteiger charge is -2.43. The molecule has 2 heterocycles. The Labute approximate surface area is 181 Å². The summed E-state index contributed by atoms with van der Waals surface area (Å²) in [6, 6.07) is 13.4. The number of rotatable bonds is 6. The highest BCUT2D eigenvalue weighted by molar-refractivity contribution is 5.97. The van der Waals surface area contributed by atoms with Crippen molar-refractivity contribution < 1.29 is 18.7 Å². The largest absolute Gasteiger partial charge is 0.378 e. The first kappa shape index (κ1) is 21.4. The normalized spacial score (nSPS) is 17.3. The highest BCUT2D eigenvalue weighted by Gasteiger charge is 2.32. The zero-order valence-corrected chi connectivity index (χ0v) is 17.4. The maximum atomic E-state index is 13.5. The number of Topliss-reactive ketones (excluding diaryl/α,β-unsaturated/α-hetero) is 1. The molecule has 0 spiro atoms. The number of nitrogens with zero attached hydrogens (tertiary/aromatic N) is 3. The van der Waals surface area contributed by atoms with Gasteiger partial charge in [-0.05, 0) is 29.8 Å². The van der Waals surface area contributed by atoms with Crippen molar-refractivity contribution in [2.75, 3.05) is 50.8 Å². The standard InChI is InChI=1S/C23H27FN4O3/c24-19-5-7-20(8-6-19)28(14-17-1-3-18(4-2-17)22(29)13-25)23(30)27-11-9-26(10-12-27)21-15-31-16-21/h1-8,21H,9-16,25H2. The quantitative estimate of drug-likeness (QED) is 0.716. The van der Waals surface area contributed by atoms with E-state index in [1.165, 1.54) is 12.1 Å². The molecule has 2 aliphatic rings. The van der Waals surface area contributed by atoms with Crippen LogP contribution in [0.1, 0.15) is 15.9 Å². The average Bonchev–Trinajstić information content (AvgIpc) is 2.77. The number of anilines is 1. The zero-order chi connectivity index (χ0) is 21.8. The first-order valence-corrected chi connectivity index (χ1v) is 10.5. The topological polar surface area (TPSA) is 79.1 Å². The molecule has 164 valence electrons. The first-order valence-electron chi connectivity index (χ1n) is 10.5. The molecule has 0 radical (unpaired) electrons. The third-order valence-electron chi connectivity index (χ3n) is 5.89. The summed E-state index contributed by atoms with van der Waals surface area (Å²) in [5.74, 6) is -0.482. The molecule has 2 amide bonds. The summed E-state index contributed by atoms with van der Waals surface area (Å²) >= 11 is 0.